The molecule has 106 valence electrons. The van der Waals surface area contributed by atoms with Crippen molar-refractivity contribution < 1.29 is 18.0 Å². The molecule has 6 heteroatoms. The SMILES string of the molecule is CS(=O)(=O)c1ccc(N2C(=O)c3ccccc3C2=O)cc1. The molecule has 1 heterocycles. The number of amides is 2. The van der Waals surface area contributed by atoms with Crippen molar-refractivity contribution in [1.29, 1.82) is 0 Å². The lowest BCUT2D eigenvalue weighted by molar-refractivity contribution is 0.0926. The highest BCUT2D eigenvalue weighted by Gasteiger charge is 2.36. The van der Waals surface area contributed by atoms with E-state index in [1.165, 1.54) is 24.3 Å². The molecule has 0 bridgehead atoms. The standard InChI is InChI=1S/C15H11NO4S/c1-21(19,20)11-8-6-10(7-9-11)16-14(17)12-4-2-3-5-13(12)15(16)18/h2-9H,1H3. The van der Waals surface area contributed by atoms with Crippen molar-refractivity contribution in [2.75, 3.05) is 11.2 Å². The highest BCUT2D eigenvalue weighted by atomic mass is 32.2. The lowest BCUT2D eigenvalue weighted by Crippen LogP contribution is -2.29. The van der Waals surface area contributed by atoms with Gasteiger partial charge in [-0.2, -0.15) is 0 Å². The highest BCUT2D eigenvalue weighted by molar-refractivity contribution is 7.90. The molecule has 2 amide bonds. The Morgan fingerprint density at radius 2 is 1.29 bits per heavy atom. The summed E-state index contributed by atoms with van der Waals surface area (Å²) in [6.45, 7) is 0. The van der Waals surface area contributed by atoms with Gasteiger partial charge in [-0.05, 0) is 36.4 Å². The molecule has 0 aliphatic carbocycles. The second kappa shape index (κ2) is 4.53. The van der Waals surface area contributed by atoms with Gasteiger partial charge in [-0.15, -0.1) is 0 Å². The van der Waals surface area contributed by atoms with Crippen molar-refractivity contribution in [2.45, 2.75) is 4.90 Å². The monoisotopic (exact) mass is 301 g/mol. The smallest absolute Gasteiger partial charge is 0.266 e. The minimum absolute atomic E-state index is 0.142. The molecule has 0 N–H and O–H groups in total. The van der Waals surface area contributed by atoms with Crippen molar-refractivity contribution in [3.05, 3.63) is 59.7 Å². The number of benzene rings is 2. The fraction of sp³-hybridized carbons (Fsp3) is 0.0667. The maximum atomic E-state index is 12.3. The molecule has 1 aliphatic heterocycles. The van der Waals surface area contributed by atoms with E-state index < -0.39 is 21.7 Å². The third-order valence-corrected chi connectivity index (χ3v) is 4.45. The van der Waals surface area contributed by atoms with Gasteiger partial charge >= 0.3 is 0 Å². The Morgan fingerprint density at radius 3 is 1.71 bits per heavy atom. The summed E-state index contributed by atoms with van der Waals surface area (Å²) < 4.78 is 22.9. The van der Waals surface area contributed by atoms with Crippen LogP contribution in [0.5, 0.6) is 0 Å². The van der Waals surface area contributed by atoms with Crippen LogP contribution in [0.2, 0.25) is 0 Å². The van der Waals surface area contributed by atoms with Gasteiger partial charge in [0.25, 0.3) is 11.8 Å². The van der Waals surface area contributed by atoms with Gasteiger partial charge in [0, 0.05) is 6.26 Å². The van der Waals surface area contributed by atoms with Gasteiger partial charge in [0.2, 0.25) is 0 Å². The Labute approximate surface area is 121 Å². The number of imide groups is 1. The number of carbonyl (C=O) groups is 2. The van der Waals surface area contributed by atoms with E-state index >= 15 is 0 Å². The van der Waals surface area contributed by atoms with Crippen LogP contribution in [-0.4, -0.2) is 26.5 Å². The average molecular weight is 301 g/mol. The Bertz CT molecular complexity index is 818. The summed E-state index contributed by atoms with van der Waals surface area (Å²) in [7, 11) is -3.31. The molecule has 1 aliphatic rings. The van der Waals surface area contributed by atoms with Crippen molar-refractivity contribution in [3.63, 3.8) is 0 Å². The minimum Gasteiger partial charge on any atom is -0.268 e. The van der Waals surface area contributed by atoms with Gasteiger partial charge in [-0.25, -0.2) is 13.3 Å². The molecule has 0 aromatic heterocycles. The molecule has 21 heavy (non-hydrogen) atoms. The molecule has 2 aromatic rings. The molecule has 2 aromatic carbocycles. The molecule has 0 unspecified atom stereocenters. The van der Waals surface area contributed by atoms with Gasteiger partial charge in [-0.1, -0.05) is 12.1 Å². The minimum atomic E-state index is -3.31. The van der Waals surface area contributed by atoms with Crippen LogP contribution in [0.3, 0.4) is 0 Å². The maximum absolute atomic E-state index is 12.3. The van der Waals surface area contributed by atoms with Gasteiger partial charge in [0.05, 0.1) is 21.7 Å². The zero-order chi connectivity index (χ0) is 15.2. The highest BCUT2D eigenvalue weighted by Crippen LogP contribution is 2.28. The van der Waals surface area contributed by atoms with Crippen LogP contribution in [0.25, 0.3) is 0 Å². The average Bonchev–Trinajstić information content (AvgIpc) is 2.71. The summed E-state index contributed by atoms with van der Waals surface area (Å²) in [4.78, 5) is 25.7. The summed E-state index contributed by atoms with van der Waals surface area (Å²) in [6, 6.07) is 12.3. The molecule has 0 atom stereocenters. The first-order valence-corrected chi connectivity index (χ1v) is 8.06. The fourth-order valence-corrected chi connectivity index (χ4v) is 2.90. The van der Waals surface area contributed by atoms with Gasteiger partial charge in [0.1, 0.15) is 0 Å². The fourth-order valence-electron chi connectivity index (χ4n) is 2.27. The second-order valence-corrected chi connectivity index (χ2v) is 6.77. The quantitative estimate of drug-likeness (QED) is 0.794. The van der Waals surface area contributed by atoms with Crippen LogP contribution in [0.15, 0.2) is 53.4 Å². The van der Waals surface area contributed by atoms with Crippen LogP contribution in [-0.2, 0) is 9.84 Å². The third kappa shape index (κ3) is 2.13. The lowest BCUT2D eigenvalue weighted by atomic mass is 10.1. The number of sulfone groups is 1. The molecular formula is C15H11NO4S. The van der Waals surface area contributed by atoms with Crippen LogP contribution >= 0.6 is 0 Å². The van der Waals surface area contributed by atoms with E-state index in [9.17, 15) is 18.0 Å². The molecule has 0 spiro atoms. The molecule has 0 saturated heterocycles. The van der Waals surface area contributed by atoms with Crippen molar-refractivity contribution in [2.24, 2.45) is 0 Å². The summed E-state index contributed by atoms with van der Waals surface area (Å²) >= 11 is 0. The number of hydrogen-bond donors (Lipinski definition) is 0. The second-order valence-electron chi connectivity index (χ2n) is 4.76. The van der Waals surface area contributed by atoms with E-state index in [1.807, 2.05) is 0 Å². The van der Waals surface area contributed by atoms with Gasteiger partial charge < -0.3 is 0 Å². The molecule has 0 fully saturated rings. The van der Waals surface area contributed by atoms with Gasteiger partial charge in [-0.3, -0.25) is 9.59 Å². The number of nitrogens with zero attached hydrogens (tertiary/aromatic N) is 1. The van der Waals surface area contributed by atoms with Crippen LogP contribution in [0.4, 0.5) is 5.69 Å². The first-order chi connectivity index (χ1) is 9.89. The zero-order valence-corrected chi connectivity index (χ0v) is 11.9. The number of rotatable bonds is 2. The molecular weight excluding hydrogens is 290 g/mol. The first kappa shape index (κ1) is 13.5. The van der Waals surface area contributed by atoms with Crippen molar-refractivity contribution >= 4 is 27.3 Å². The van der Waals surface area contributed by atoms with Gasteiger partial charge in [0.15, 0.2) is 9.84 Å². The molecule has 3 rings (SSSR count). The van der Waals surface area contributed by atoms with Crippen LogP contribution in [0, 0.1) is 0 Å². The van der Waals surface area contributed by atoms with Crippen molar-refractivity contribution in [3.8, 4) is 0 Å². The summed E-state index contributed by atoms with van der Waals surface area (Å²) in [5.41, 5.74) is 1.07. The number of carbonyl (C=O) groups excluding carboxylic acids is 2. The van der Waals surface area contributed by atoms with Crippen LogP contribution in [0.1, 0.15) is 20.7 Å². The van der Waals surface area contributed by atoms with E-state index in [1.54, 1.807) is 24.3 Å². The topological polar surface area (TPSA) is 71.5 Å². The van der Waals surface area contributed by atoms with E-state index in [0.717, 1.165) is 11.2 Å². The van der Waals surface area contributed by atoms with E-state index in [4.69, 9.17) is 0 Å². The Kier molecular flexibility index (Phi) is 2.91. The van der Waals surface area contributed by atoms with E-state index in [0.29, 0.717) is 16.8 Å². The predicted molar refractivity (Wildman–Crippen MR) is 77.1 cm³/mol. The first-order valence-electron chi connectivity index (χ1n) is 6.17. The Hall–Kier alpha value is -2.47. The summed E-state index contributed by atoms with van der Waals surface area (Å²) in [5.74, 6) is -0.801. The summed E-state index contributed by atoms with van der Waals surface area (Å²) in [5, 5.41) is 0. The number of fused-ring (bicyclic) bond motifs is 1. The van der Waals surface area contributed by atoms with Crippen molar-refractivity contribution in [1.82, 2.24) is 0 Å². The maximum Gasteiger partial charge on any atom is 0.266 e. The summed E-state index contributed by atoms with van der Waals surface area (Å²) in [6.07, 6.45) is 1.10. The predicted octanol–water partition coefficient (Wildman–Crippen LogP) is 1.89. The lowest BCUT2D eigenvalue weighted by Gasteiger charge is -2.14. The molecule has 5 nitrogen and oxygen atoms in total. The van der Waals surface area contributed by atoms with E-state index in [-0.39, 0.29) is 4.90 Å². The molecule has 0 radical (unpaired) electrons. The normalized spacial score (nSPS) is 14.4. The molecule has 0 saturated carbocycles. The Morgan fingerprint density at radius 1 is 0.810 bits per heavy atom. The number of anilines is 1. The third-order valence-electron chi connectivity index (χ3n) is 3.32. The number of hydrogen-bond acceptors (Lipinski definition) is 4. The largest absolute Gasteiger partial charge is 0.268 e. The Balaban J connectivity index is 2.03. The zero-order valence-electron chi connectivity index (χ0n) is 11.1. The van der Waals surface area contributed by atoms with Crippen LogP contribution < -0.4 is 4.90 Å². The van der Waals surface area contributed by atoms with E-state index in [2.05, 4.69) is 0 Å².